The average molecular weight is 360 g/mol. The van der Waals surface area contributed by atoms with Gasteiger partial charge in [0.2, 0.25) is 11.8 Å². The molecule has 144 valence electrons. The van der Waals surface area contributed by atoms with Crippen molar-refractivity contribution in [3.8, 4) is 0 Å². The van der Waals surface area contributed by atoms with E-state index in [1.807, 2.05) is 24.3 Å². The molecule has 2 amide bonds. The van der Waals surface area contributed by atoms with Crippen molar-refractivity contribution in [3.05, 3.63) is 24.3 Å². The SMILES string of the molecule is CC(C)CCNC(=O)C(C)(C)C(=O)Nc1ccc(N2CCCCC2)cc1. The van der Waals surface area contributed by atoms with Gasteiger partial charge in [-0.15, -0.1) is 0 Å². The van der Waals surface area contributed by atoms with Crippen molar-refractivity contribution in [3.63, 3.8) is 0 Å². The molecular weight excluding hydrogens is 326 g/mol. The lowest BCUT2D eigenvalue weighted by atomic mass is 9.90. The minimum atomic E-state index is -1.11. The summed E-state index contributed by atoms with van der Waals surface area (Å²) in [5.74, 6) is -0.00323. The number of benzene rings is 1. The van der Waals surface area contributed by atoms with Gasteiger partial charge in [0.25, 0.3) is 0 Å². The Bertz CT molecular complexity index is 602. The standard InChI is InChI=1S/C21H33N3O2/c1-16(2)12-13-22-19(25)21(3,4)20(26)23-17-8-10-18(11-9-17)24-14-6-5-7-15-24/h8-11,16H,5-7,12-15H2,1-4H3,(H,22,25)(H,23,26). The minimum absolute atomic E-state index is 0.236. The van der Waals surface area contributed by atoms with Gasteiger partial charge in [-0.05, 0) is 69.7 Å². The quantitative estimate of drug-likeness (QED) is 0.728. The number of amides is 2. The van der Waals surface area contributed by atoms with E-state index in [9.17, 15) is 9.59 Å². The summed E-state index contributed by atoms with van der Waals surface area (Å²) >= 11 is 0. The number of piperidine rings is 1. The molecule has 1 heterocycles. The highest BCUT2D eigenvalue weighted by atomic mass is 16.2. The molecule has 0 spiro atoms. The Morgan fingerprint density at radius 1 is 1.04 bits per heavy atom. The summed E-state index contributed by atoms with van der Waals surface area (Å²) in [4.78, 5) is 27.3. The first-order valence-corrected chi connectivity index (χ1v) is 9.75. The number of carbonyl (C=O) groups excluding carboxylic acids is 2. The molecule has 26 heavy (non-hydrogen) atoms. The zero-order chi connectivity index (χ0) is 19.2. The van der Waals surface area contributed by atoms with Gasteiger partial charge in [0.1, 0.15) is 5.41 Å². The van der Waals surface area contributed by atoms with Gasteiger partial charge < -0.3 is 15.5 Å². The largest absolute Gasteiger partial charge is 0.372 e. The van der Waals surface area contributed by atoms with Gasteiger partial charge in [-0.2, -0.15) is 0 Å². The predicted molar refractivity (Wildman–Crippen MR) is 107 cm³/mol. The van der Waals surface area contributed by atoms with Crippen LogP contribution in [-0.4, -0.2) is 31.4 Å². The Balaban J connectivity index is 1.91. The Labute approximate surface area is 157 Å². The van der Waals surface area contributed by atoms with Crippen molar-refractivity contribution in [1.82, 2.24) is 5.32 Å². The van der Waals surface area contributed by atoms with Gasteiger partial charge in [0.05, 0.1) is 0 Å². The Kier molecular flexibility index (Phi) is 7.06. The first kappa shape index (κ1) is 20.3. The van der Waals surface area contributed by atoms with Crippen LogP contribution in [0.15, 0.2) is 24.3 Å². The topological polar surface area (TPSA) is 61.4 Å². The van der Waals surface area contributed by atoms with Crippen molar-refractivity contribution >= 4 is 23.2 Å². The molecular formula is C21H33N3O2. The van der Waals surface area contributed by atoms with Crippen LogP contribution in [0.2, 0.25) is 0 Å². The lowest BCUT2D eigenvalue weighted by Crippen LogP contribution is -2.45. The number of carbonyl (C=O) groups is 2. The van der Waals surface area contributed by atoms with Crippen molar-refractivity contribution in [2.75, 3.05) is 29.9 Å². The molecule has 0 saturated carbocycles. The summed E-state index contributed by atoms with van der Waals surface area (Å²) in [7, 11) is 0. The molecule has 2 rings (SSSR count). The van der Waals surface area contributed by atoms with Crippen LogP contribution >= 0.6 is 0 Å². The van der Waals surface area contributed by atoms with Gasteiger partial charge in [0, 0.05) is 31.0 Å². The molecule has 0 unspecified atom stereocenters. The second-order valence-corrected chi connectivity index (χ2v) is 8.11. The fourth-order valence-electron chi connectivity index (χ4n) is 2.99. The molecule has 0 atom stereocenters. The van der Waals surface area contributed by atoms with Crippen molar-refractivity contribution in [2.24, 2.45) is 11.3 Å². The number of nitrogens with zero attached hydrogens (tertiary/aromatic N) is 1. The van der Waals surface area contributed by atoms with Crippen LogP contribution in [0.1, 0.15) is 53.4 Å². The maximum Gasteiger partial charge on any atom is 0.239 e. The summed E-state index contributed by atoms with van der Waals surface area (Å²) in [5, 5.41) is 5.74. The third-order valence-corrected chi connectivity index (χ3v) is 4.99. The molecule has 1 aromatic carbocycles. The zero-order valence-electron chi connectivity index (χ0n) is 16.6. The van der Waals surface area contributed by atoms with E-state index in [1.165, 1.54) is 24.9 Å². The van der Waals surface area contributed by atoms with Crippen LogP contribution in [0.3, 0.4) is 0 Å². The molecule has 1 aliphatic heterocycles. The molecule has 5 heteroatoms. The first-order valence-electron chi connectivity index (χ1n) is 9.75. The highest BCUT2D eigenvalue weighted by molar-refractivity contribution is 6.09. The maximum absolute atomic E-state index is 12.6. The fourth-order valence-corrected chi connectivity index (χ4v) is 2.99. The van der Waals surface area contributed by atoms with E-state index in [2.05, 4.69) is 29.4 Å². The molecule has 5 nitrogen and oxygen atoms in total. The molecule has 0 aliphatic carbocycles. The predicted octanol–water partition coefficient (Wildman–Crippen LogP) is 3.80. The van der Waals surface area contributed by atoms with Crippen LogP contribution in [0, 0.1) is 11.3 Å². The third-order valence-electron chi connectivity index (χ3n) is 4.99. The highest BCUT2D eigenvalue weighted by Crippen LogP contribution is 2.24. The number of anilines is 2. The van der Waals surface area contributed by atoms with Gasteiger partial charge in [0.15, 0.2) is 0 Å². The van der Waals surface area contributed by atoms with Gasteiger partial charge in [-0.1, -0.05) is 13.8 Å². The number of hydrogen-bond donors (Lipinski definition) is 2. The normalized spacial score (nSPS) is 15.0. The average Bonchev–Trinajstić information content (AvgIpc) is 2.62. The lowest BCUT2D eigenvalue weighted by molar-refractivity contribution is -0.138. The third kappa shape index (κ3) is 5.48. The molecule has 1 aliphatic rings. The zero-order valence-corrected chi connectivity index (χ0v) is 16.6. The fraction of sp³-hybridized carbons (Fsp3) is 0.619. The first-order chi connectivity index (χ1) is 12.3. The highest BCUT2D eigenvalue weighted by Gasteiger charge is 2.35. The summed E-state index contributed by atoms with van der Waals surface area (Å²) in [6, 6.07) is 7.90. The van der Waals surface area contributed by atoms with Gasteiger partial charge in [-0.3, -0.25) is 9.59 Å². The van der Waals surface area contributed by atoms with Gasteiger partial charge >= 0.3 is 0 Å². The van der Waals surface area contributed by atoms with Crippen LogP contribution in [0.5, 0.6) is 0 Å². The Morgan fingerprint density at radius 3 is 2.23 bits per heavy atom. The van der Waals surface area contributed by atoms with Crippen molar-refractivity contribution < 1.29 is 9.59 Å². The van der Waals surface area contributed by atoms with Gasteiger partial charge in [-0.25, -0.2) is 0 Å². The van der Waals surface area contributed by atoms with E-state index in [0.29, 0.717) is 12.5 Å². The van der Waals surface area contributed by atoms with E-state index in [4.69, 9.17) is 0 Å². The second kappa shape index (κ2) is 9.06. The molecule has 0 aromatic heterocycles. The molecule has 1 fully saturated rings. The van der Waals surface area contributed by atoms with E-state index in [0.717, 1.165) is 25.2 Å². The molecule has 0 bridgehead atoms. The molecule has 2 N–H and O–H groups in total. The summed E-state index contributed by atoms with van der Waals surface area (Å²) in [6.07, 6.45) is 4.68. The number of hydrogen-bond acceptors (Lipinski definition) is 3. The minimum Gasteiger partial charge on any atom is -0.372 e. The molecule has 1 aromatic rings. The van der Waals surface area contributed by atoms with Crippen LogP contribution in [-0.2, 0) is 9.59 Å². The van der Waals surface area contributed by atoms with E-state index in [1.54, 1.807) is 13.8 Å². The summed E-state index contributed by atoms with van der Waals surface area (Å²) in [6.45, 7) is 10.3. The van der Waals surface area contributed by atoms with Crippen LogP contribution in [0.25, 0.3) is 0 Å². The number of nitrogens with one attached hydrogen (secondary N) is 2. The van der Waals surface area contributed by atoms with Crippen LogP contribution in [0.4, 0.5) is 11.4 Å². The number of rotatable bonds is 7. The smallest absolute Gasteiger partial charge is 0.239 e. The van der Waals surface area contributed by atoms with Crippen molar-refractivity contribution in [1.29, 1.82) is 0 Å². The van der Waals surface area contributed by atoms with Crippen molar-refractivity contribution in [2.45, 2.75) is 53.4 Å². The summed E-state index contributed by atoms with van der Waals surface area (Å²) in [5.41, 5.74) is 0.801. The Hall–Kier alpha value is -2.04. The van der Waals surface area contributed by atoms with E-state index in [-0.39, 0.29) is 11.8 Å². The maximum atomic E-state index is 12.6. The summed E-state index contributed by atoms with van der Waals surface area (Å²) < 4.78 is 0. The monoisotopic (exact) mass is 359 g/mol. The lowest BCUT2D eigenvalue weighted by Gasteiger charge is -2.29. The Morgan fingerprint density at radius 2 is 1.65 bits per heavy atom. The molecule has 0 radical (unpaired) electrons. The molecule has 1 saturated heterocycles. The van der Waals surface area contributed by atoms with Crippen LogP contribution < -0.4 is 15.5 Å². The second-order valence-electron chi connectivity index (χ2n) is 8.11. The van der Waals surface area contributed by atoms with E-state index < -0.39 is 5.41 Å². The van der Waals surface area contributed by atoms with E-state index >= 15 is 0 Å².